The second-order valence-electron chi connectivity index (χ2n) is 13.5. The lowest BCUT2D eigenvalue weighted by molar-refractivity contribution is -0.147. The number of benzene rings is 1. The molecule has 6 atom stereocenters. The van der Waals surface area contributed by atoms with Crippen molar-refractivity contribution in [1.82, 2.24) is 9.80 Å². The molecule has 0 radical (unpaired) electrons. The van der Waals surface area contributed by atoms with E-state index in [2.05, 4.69) is 27.0 Å². The molecule has 1 aliphatic carbocycles. The van der Waals surface area contributed by atoms with Crippen molar-refractivity contribution in [2.24, 2.45) is 17.8 Å². The minimum atomic E-state index is -0.723. The topological polar surface area (TPSA) is 90.4 Å². The first kappa shape index (κ1) is 33.6. The molecule has 246 valence electrons. The Bertz CT molecular complexity index is 1250. The van der Waals surface area contributed by atoms with E-state index in [1.165, 1.54) is 6.42 Å². The van der Waals surface area contributed by atoms with Crippen LogP contribution in [0.25, 0.3) is 0 Å². The van der Waals surface area contributed by atoms with Gasteiger partial charge >= 0.3 is 0 Å². The van der Waals surface area contributed by atoms with Gasteiger partial charge in [-0.25, -0.2) is 0 Å². The number of likely N-dealkylation sites (tertiary alicyclic amines) is 1. The largest absolute Gasteiger partial charge is 0.494 e. The Morgan fingerprint density at radius 1 is 1.09 bits per heavy atom. The molecular weight excluding hydrogens is 586 g/mol. The van der Waals surface area contributed by atoms with Gasteiger partial charge in [0.05, 0.1) is 35.8 Å². The van der Waals surface area contributed by atoms with Crippen LogP contribution in [0.3, 0.4) is 0 Å². The monoisotopic (exact) mass is 637 g/mol. The molecule has 0 aromatic heterocycles. The van der Waals surface area contributed by atoms with Crippen LogP contribution in [0.4, 0.5) is 5.69 Å². The third-order valence-corrected chi connectivity index (χ3v) is 12.2. The van der Waals surface area contributed by atoms with E-state index in [9.17, 15) is 19.5 Å². The van der Waals surface area contributed by atoms with Crippen molar-refractivity contribution in [3.63, 3.8) is 0 Å². The third kappa shape index (κ3) is 6.19. The van der Waals surface area contributed by atoms with Gasteiger partial charge in [-0.1, -0.05) is 45.3 Å². The fourth-order valence-electron chi connectivity index (χ4n) is 8.49. The summed E-state index contributed by atoms with van der Waals surface area (Å²) < 4.78 is 4.91. The van der Waals surface area contributed by atoms with Crippen molar-refractivity contribution in [3.05, 3.63) is 49.6 Å². The standard InChI is InChI=1S/C36H51N3O5S/c1-6-20-37(26-14-16-28(17-15-26)44-8-3)33(41)30-29-18-19-36(45-29)31(30)34(42)39(27(23-40)22-24(4)5)32(36)35(43)38(21-7-2)25-12-10-9-11-13-25/h6-7,14-17,24-25,27,29-32,40H,1-2,8-13,18-23H2,3-5H3/t27-,29-,30+,31+,32?,36?/m1/s1. The molecule has 1 N–H and O–H groups in total. The number of ether oxygens (including phenoxy) is 1. The average molecular weight is 638 g/mol. The number of thioether (sulfide) groups is 1. The number of hydrogen-bond donors (Lipinski definition) is 1. The zero-order chi connectivity index (χ0) is 32.3. The summed E-state index contributed by atoms with van der Waals surface area (Å²) in [6.07, 6.45) is 10.8. The van der Waals surface area contributed by atoms with Crippen LogP contribution in [0.5, 0.6) is 5.75 Å². The summed E-state index contributed by atoms with van der Waals surface area (Å²) in [5, 5.41) is 10.6. The molecule has 9 heteroatoms. The van der Waals surface area contributed by atoms with Crippen LogP contribution >= 0.6 is 11.8 Å². The van der Waals surface area contributed by atoms with Gasteiger partial charge in [-0.15, -0.1) is 24.9 Å². The molecular formula is C36H51N3O5S. The van der Waals surface area contributed by atoms with Crippen LogP contribution < -0.4 is 9.64 Å². The first-order chi connectivity index (χ1) is 21.7. The van der Waals surface area contributed by atoms with Gasteiger partial charge in [-0.3, -0.25) is 14.4 Å². The predicted molar refractivity (Wildman–Crippen MR) is 180 cm³/mol. The molecule has 4 fully saturated rings. The van der Waals surface area contributed by atoms with E-state index < -0.39 is 28.7 Å². The zero-order valence-electron chi connectivity index (χ0n) is 27.2. The summed E-state index contributed by atoms with van der Waals surface area (Å²) in [5.74, 6) is -0.560. The Kier molecular flexibility index (Phi) is 10.7. The number of aliphatic hydroxyl groups excluding tert-OH is 1. The Balaban J connectivity index is 1.55. The van der Waals surface area contributed by atoms with E-state index in [1.54, 1.807) is 33.7 Å². The predicted octanol–water partition coefficient (Wildman–Crippen LogP) is 5.45. The van der Waals surface area contributed by atoms with Crippen molar-refractivity contribution in [2.75, 3.05) is 31.2 Å². The molecule has 3 heterocycles. The molecule has 3 saturated heterocycles. The summed E-state index contributed by atoms with van der Waals surface area (Å²) in [6, 6.07) is 6.35. The Labute approximate surface area is 273 Å². The highest BCUT2D eigenvalue weighted by Crippen LogP contribution is 2.67. The fraction of sp³-hybridized carbons (Fsp3) is 0.639. The summed E-state index contributed by atoms with van der Waals surface area (Å²) in [5.41, 5.74) is 0.725. The SMILES string of the molecule is C=CCN(C(=O)[C@@H]1[C@H]2C(=O)N([C@@H](CO)CC(C)C)C(C(=O)N(CC=C)C3CCCCC3)C23CC[C@H]1S3)c1ccc(OCC)cc1. The van der Waals surface area contributed by atoms with Crippen LogP contribution in [0, 0.1) is 17.8 Å². The fourth-order valence-corrected chi connectivity index (χ4v) is 10.7. The lowest BCUT2D eigenvalue weighted by Gasteiger charge is -2.43. The van der Waals surface area contributed by atoms with Crippen molar-refractivity contribution < 1.29 is 24.2 Å². The number of aliphatic hydroxyl groups is 1. The van der Waals surface area contributed by atoms with E-state index in [0.29, 0.717) is 32.5 Å². The van der Waals surface area contributed by atoms with Gasteiger partial charge in [0.2, 0.25) is 17.7 Å². The van der Waals surface area contributed by atoms with Gasteiger partial charge in [0.15, 0.2) is 0 Å². The van der Waals surface area contributed by atoms with Crippen molar-refractivity contribution in [2.45, 2.75) is 100 Å². The average Bonchev–Trinajstić information content (AvgIpc) is 3.69. The number of anilines is 1. The number of rotatable bonds is 14. The summed E-state index contributed by atoms with van der Waals surface area (Å²) in [4.78, 5) is 49.7. The first-order valence-electron chi connectivity index (χ1n) is 16.9. The van der Waals surface area contributed by atoms with Crippen LogP contribution in [-0.4, -0.2) is 87.1 Å². The second kappa shape index (κ2) is 14.3. The molecule has 1 spiro atoms. The van der Waals surface area contributed by atoms with Crippen LogP contribution in [0.1, 0.15) is 72.1 Å². The van der Waals surface area contributed by atoms with Crippen LogP contribution in [0.2, 0.25) is 0 Å². The lowest BCUT2D eigenvalue weighted by Crippen LogP contribution is -2.59. The molecule has 5 rings (SSSR count). The number of fused-ring (bicyclic) bond motifs is 1. The van der Waals surface area contributed by atoms with Gasteiger partial charge in [0.1, 0.15) is 11.8 Å². The molecule has 1 aromatic rings. The van der Waals surface area contributed by atoms with Gasteiger partial charge in [-0.05, 0) is 69.2 Å². The number of hydrogen-bond acceptors (Lipinski definition) is 6. The highest BCUT2D eigenvalue weighted by atomic mass is 32.2. The molecule has 45 heavy (non-hydrogen) atoms. The highest BCUT2D eigenvalue weighted by Gasteiger charge is 2.74. The third-order valence-electron chi connectivity index (χ3n) is 10.3. The molecule has 8 nitrogen and oxygen atoms in total. The van der Waals surface area contributed by atoms with Crippen molar-refractivity contribution in [3.8, 4) is 5.75 Å². The normalized spacial score (nSPS) is 28.2. The number of carbonyl (C=O) groups is 3. The van der Waals surface area contributed by atoms with E-state index in [0.717, 1.165) is 43.5 Å². The molecule has 4 aliphatic rings. The lowest BCUT2D eigenvalue weighted by atomic mass is 9.70. The second-order valence-corrected chi connectivity index (χ2v) is 15.1. The Morgan fingerprint density at radius 2 is 1.78 bits per heavy atom. The van der Waals surface area contributed by atoms with Crippen molar-refractivity contribution >= 4 is 35.2 Å². The maximum atomic E-state index is 14.9. The van der Waals surface area contributed by atoms with Gasteiger partial charge in [0, 0.05) is 30.1 Å². The number of nitrogens with zero attached hydrogens (tertiary/aromatic N) is 3. The summed E-state index contributed by atoms with van der Waals surface area (Å²) in [7, 11) is 0. The van der Waals surface area contributed by atoms with E-state index in [4.69, 9.17) is 4.74 Å². The summed E-state index contributed by atoms with van der Waals surface area (Å²) >= 11 is 1.69. The van der Waals surface area contributed by atoms with E-state index in [1.807, 2.05) is 36.1 Å². The molecule has 2 bridgehead atoms. The zero-order valence-corrected chi connectivity index (χ0v) is 28.1. The van der Waals surface area contributed by atoms with E-state index >= 15 is 0 Å². The van der Waals surface area contributed by atoms with Gasteiger partial charge in [0.25, 0.3) is 0 Å². The van der Waals surface area contributed by atoms with Gasteiger partial charge < -0.3 is 24.5 Å². The quantitative estimate of drug-likeness (QED) is 0.273. The highest BCUT2D eigenvalue weighted by molar-refractivity contribution is 8.02. The number of carbonyl (C=O) groups excluding carboxylic acids is 3. The minimum absolute atomic E-state index is 0.0458. The molecule has 3 aliphatic heterocycles. The van der Waals surface area contributed by atoms with Crippen molar-refractivity contribution in [1.29, 1.82) is 0 Å². The van der Waals surface area contributed by atoms with E-state index in [-0.39, 0.29) is 41.5 Å². The molecule has 1 saturated carbocycles. The number of amides is 3. The molecule has 1 aromatic carbocycles. The molecule has 2 unspecified atom stereocenters. The summed E-state index contributed by atoms with van der Waals surface area (Å²) in [6.45, 7) is 15.0. The molecule has 3 amide bonds. The van der Waals surface area contributed by atoms with Crippen LogP contribution in [0.15, 0.2) is 49.6 Å². The maximum absolute atomic E-state index is 14.9. The minimum Gasteiger partial charge on any atom is -0.494 e. The first-order valence-corrected chi connectivity index (χ1v) is 17.8. The Morgan fingerprint density at radius 3 is 2.38 bits per heavy atom. The smallest absolute Gasteiger partial charge is 0.247 e. The maximum Gasteiger partial charge on any atom is 0.247 e. The van der Waals surface area contributed by atoms with Gasteiger partial charge in [-0.2, -0.15) is 0 Å². The van der Waals surface area contributed by atoms with Crippen LogP contribution in [-0.2, 0) is 14.4 Å². The Hall–Kier alpha value is -2.78.